The van der Waals surface area contributed by atoms with Crippen LogP contribution in [0.5, 0.6) is 5.75 Å². The van der Waals surface area contributed by atoms with Crippen molar-refractivity contribution in [3.8, 4) is 5.75 Å². The molecule has 0 saturated carbocycles. The fourth-order valence-corrected chi connectivity index (χ4v) is 2.08. The second-order valence-electron chi connectivity index (χ2n) is 4.15. The van der Waals surface area contributed by atoms with Crippen molar-refractivity contribution in [2.75, 3.05) is 0 Å². The Morgan fingerprint density at radius 3 is 2.65 bits per heavy atom. The van der Waals surface area contributed by atoms with E-state index in [9.17, 15) is 24.4 Å². The van der Waals surface area contributed by atoms with E-state index in [0.717, 1.165) is 12.1 Å². The normalized spacial score (nSPS) is 11.1. The third kappa shape index (κ3) is 1.60. The maximum absolute atomic E-state index is 13.4. The SMILES string of the molecule is O=c1oc2ccc(F)c(O)c2c2ccc([N+](=O)[O-])cc12. The van der Waals surface area contributed by atoms with Gasteiger partial charge in [0.2, 0.25) is 0 Å². The summed E-state index contributed by atoms with van der Waals surface area (Å²) in [6.07, 6.45) is 0. The summed E-state index contributed by atoms with van der Waals surface area (Å²) in [5.41, 5.74) is -1.07. The highest BCUT2D eigenvalue weighted by molar-refractivity contribution is 6.07. The predicted molar refractivity (Wildman–Crippen MR) is 68.3 cm³/mol. The number of aromatic hydroxyl groups is 1. The van der Waals surface area contributed by atoms with Gasteiger partial charge >= 0.3 is 5.63 Å². The Kier molecular flexibility index (Phi) is 2.43. The number of rotatable bonds is 1. The number of hydrogen-bond donors (Lipinski definition) is 1. The van der Waals surface area contributed by atoms with Crippen molar-refractivity contribution in [3.05, 3.63) is 56.7 Å². The van der Waals surface area contributed by atoms with Crippen LogP contribution in [0.15, 0.2) is 39.5 Å². The zero-order valence-corrected chi connectivity index (χ0v) is 9.79. The molecule has 0 spiro atoms. The first-order valence-electron chi connectivity index (χ1n) is 5.51. The Bertz CT molecular complexity index is 931. The molecule has 0 radical (unpaired) electrons. The van der Waals surface area contributed by atoms with Gasteiger partial charge in [-0.15, -0.1) is 0 Å². The lowest BCUT2D eigenvalue weighted by Gasteiger charge is -2.05. The molecular formula is C13H6FNO5. The van der Waals surface area contributed by atoms with E-state index in [1.54, 1.807) is 0 Å². The smallest absolute Gasteiger partial charge is 0.344 e. The summed E-state index contributed by atoms with van der Waals surface area (Å²) < 4.78 is 18.3. The van der Waals surface area contributed by atoms with Gasteiger partial charge in [0.1, 0.15) is 5.58 Å². The molecule has 2 aromatic carbocycles. The molecule has 0 aliphatic rings. The van der Waals surface area contributed by atoms with Crippen LogP contribution in [0.25, 0.3) is 21.7 Å². The molecule has 0 saturated heterocycles. The Hall–Kier alpha value is -2.96. The van der Waals surface area contributed by atoms with Crippen molar-refractivity contribution in [2.24, 2.45) is 0 Å². The molecule has 0 atom stereocenters. The van der Waals surface area contributed by atoms with Gasteiger partial charge in [-0.3, -0.25) is 10.1 Å². The van der Waals surface area contributed by atoms with Gasteiger partial charge in [-0.1, -0.05) is 0 Å². The standard InChI is InChI=1S/C13H6FNO5/c14-9-3-4-10-11(12(9)16)7-2-1-6(15(18)19)5-8(7)13(17)20-10/h1-5,16H. The monoisotopic (exact) mass is 275 g/mol. The second kappa shape index (κ2) is 4.02. The lowest BCUT2D eigenvalue weighted by atomic mass is 10.1. The van der Waals surface area contributed by atoms with Crippen molar-refractivity contribution < 1.29 is 18.8 Å². The molecule has 7 heteroatoms. The molecule has 0 unspecified atom stereocenters. The summed E-state index contributed by atoms with van der Waals surface area (Å²) in [6.45, 7) is 0. The molecule has 20 heavy (non-hydrogen) atoms. The number of nitro groups is 1. The number of phenolic OH excluding ortho intramolecular Hbond substituents is 1. The molecule has 6 nitrogen and oxygen atoms in total. The van der Waals surface area contributed by atoms with Gasteiger partial charge in [0, 0.05) is 17.5 Å². The largest absolute Gasteiger partial charge is 0.504 e. The van der Waals surface area contributed by atoms with E-state index in [1.807, 2.05) is 0 Å². The van der Waals surface area contributed by atoms with E-state index in [4.69, 9.17) is 4.42 Å². The minimum atomic E-state index is -0.869. The number of benzene rings is 2. The summed E-state index contributed by atoms with van der Waals surface area (Å²) in [5, 5.41) is 20.6. The van der Waals surface area contributed by atoms with Crippen molar-refractivity contribution in [1.29, 1.82) is 0 Å². The van der Waals surface area contributed by atoms with Crippen LogP contribution < -0.4 is 5.63 Å². The van der Waals surface area contributed by atoms with Gasteiger partial charge < -0.3 is 9.52 Å². The third-order valence-electron chi connectivity index (χ3n) is 3.00. The van der Waals surface area contributed by atoms with E-state index < -0.39 is 22.1 Å². The van der Waals surface area contributed by atoms with Gasteiger partial charge in [0.05, 0.1) is 15.7 Å². The molecule has 0 amide bonds. The summed E-state index contributed by atoms with van der Waals surface area (Å²) in [5.74, 6) is -1.53. The number of fused-ring (bicyclic) bond motifs is 3. The van der Waals surface area contributed by atoms with Crippen molar-refractivity contribution >= 4 is 27.4 Å². The Morgan fingerprint density at radius 1 is 1.20 bits per heavy atom. The molecule has 3 rings (SSSR count). The average Bonchev–Trinajstić information content (AvgIpc) is 2.42. The number of non-ortho nitro benzene ring substituents is 1. The van der Waals surface area contributed by atoms with E-state index in [1.165, 1.54) is 18.2 Å². The highest BCUT2D eigenvalue weighted by atomic mass is 19.1. The van der Waals surface area contributed by atoms with Gasteiger partial charge in [-0.05, 0) is 18.2 Å². The van der Waals surface area contributed by atoms with Crippen LogP contribution in [-0.2, 0) is 0 Å². The first kappa shape index (κ1) is 12.1. The van der Waals surface area contributed by atoms with Crippen LogP contribution >= 0.6 is 0 Å². The van der Waals surface area contributed by atoms with Gasteiger partial charge in [-0.2, -0.15) is 0 Å². The van der Waals surface area contributed by atoms with Crippen LogP contribution in [0.3, 0.4) is 0 Å². The molecule has 0 fully saturated rings. The van der Waals surface area contributed by atoms with Crippen LogP contribution in [0.4, 0.5) is 10.1 Å². The fourth-order valence-electron chi connectivity index (χ4n) is 2.08. The van der Waals surface area contributed by atoms with Crippen LogP contribution in [0.2, 0.25) is 0 Å². The highest BCUT2D eigenvalue weighted by Gasteiger charge is 2.16. The third-order valence-corrected chi connectivity index (χ3v) is 3.00. The van der Waals surface area contributed by atoms with E-state index in [-0.39, 0.29) is 27.4 Å². The number of halogens is 1. The minimum Gasteiger partial charge on any atom is -0.504 e. The van der Waals surface area contributed by atoms with Gasteiger partial charge in [0.15, 0.2) is 11.6 Å². The van der Waals surface area contributed by atoms with E-state index in [0.29, 0.717) is 0 Å². The summed E-state index contributed by atoms with van der Waals surface area (Å²) in [6, 6.07) is 5.67. The zero-order valence-electron chi connectivity index (χ0n) is 9.79. The Labute approximate surface area is 109 Å². The van der Waals surface area contributed by atoms with E-state index >= 15 is 0 Å². The molecule has 1 heterocycles. The van der Waals surface area contributed by atoms with Crippen molar-refractivity contribution in [2.45, 2.75) is 0 Å². The fraction of sp³-hybridized carbons (Fsp3) is 0. The van der Waals surface area contributed by atoms with Crippen LogP contribution in [-0.4, -0.2) is 10.0 Å². The number of phenols is 1. The van der Waals surface area contributed by atoms with Crippen LogP contribution in [0.1, 0.15) is 0 Å². The maximum atomic E-state index is 13.4. The second-order valence-corrected chi connectivity index (χ2v) is 4.15. The van der Waals surface area contributed by atoms with E-state index in [2.05, 4.69) is 0 Å². The maximum Gasteiger partial charge on any atom is 0.344 e. The summed E-state index contributed by atoms with van der Waals surface area (Å²) in [4.78, 5) is 21.8. The number of hydrogen-bond acceptors (Lipinski definition) is 5. The quantitative estimate of drug-likeness (QED) is 0.319. The molecule has 1 aromatic heterocycles. The summed E-state index contributed by atoms with van der Waals surface area (Å²) >= 11 is 0. The summed E-state index contributed by atoms with van der Waals surface area (Å²) in [7, 11) is 0. The van der Waals surface area contributed by atoms with Crippen LogP contribution in [0, 0.1) is 15.9 Å². The zero-order chi connectivity index (χ0) is 14.4. The molecule has 0 aliphatic carbocycles. The molecular weight excluding hydrogens is 269 g/mol. The minimum absolute atomic E-state index is 0.00879. The number of nitrogens with zero attached hydrogens (tertiary/aromatic N) is 1. The molecule has 3 aromatic rings. The van der Waals surface area contributed by atoms with Gasteiger partial charge in [-0.25, -0.2) is 9.18 Å². The lowest BCUT2D eigenvalue weighted by molar-refractivity contribution is -0.384. The molecule has 0 bridgehead atoms. The Morgan fingerprint density at radius 2 is 1.95 bits per heavy atom. The predicted octanol–water partition coefficient (Wildman–Crippen LogP) is 2.70. The Balaban J connectivity index is 2.56. The van der Waals surface area contributed by atoms with Crippen molar-refractivity contribution in [1.82, 2.24) is 0 Å². The first-order chi connectivity index (χ1) is 9.49. The topological polar surface area (TPSA) is 93.6 Å². The van der Waals surface area contributed by atoms with Gasteiger partial charge in [0.25, 0.3) is 5.69 Å². The molecule has 100 valence electrons. The first-order valence-corrected chi connectivity index (χ1v) is 5.51. The highest BCUT2D eigenvalue weighted by Crippen LogP contribution is 2.33. The lowest BCUT2D eigenvalue weighted by Crippen LogP contribution is -2.01. The number of nitro benzene ring substituents is 1. The average molecular weight is 275 g/mol. The van der Waals surface area contributed by atoms with Crippen molar-refractivity contribution in [3.63, 3.8) is 0 Å². The molecule has 1 N–H and O–H groups in total. The molecule has 0 aliphatic heterocycles.